The number of anilines is 1. The van der Waals surface area contributed by atoms with Gasteiger partial charge in [-0.05, 0) is 13.8 Å². The lowest BCUT2D eigenvalue weighted by Gasteiger charge is -2.22. The molecule has 3 aliphatic heterocycles. The molecule has 0 amide bonds. The van der Waals surface area contributed by atoms with Crippen LogP contribution in [-0.2, 0) is 14.2 Å². The fourth-order valence-electron chi connectivity index (χ4n) is 3.56. The van der Waals surface area contributed by atoms with E-state index in [1.807, 2.05) is 18.4 Å². The van der Waals surface area contributed by atoms with Gasteiger partial charge in [0.05, 0.1) is 0 Å². The minimum atomic E-state index is -0.637. The first kappa shape index (κ1) is 13.5. The Balaban J connectivity index is 1.68. The molecule has 2 aromatic heterocycles. The topological polar surface area (TPSA) is 92.6 Å². The zero-order chi connectivity index (χ0) is 15.8. The van der Waals surface area contributed by atoms with Gasteiger partial charge < -0.3 is 24.3 Å². The first-order valence-corrected chi connectivity index (χ1v) is 7.62. The molecule has 0 radical (unpaired) electrons. The smallest absolute Gasteiger partial charge is 0.301 e. The van der Waals surface area contributed by atoms with Gasteiger partial charge >= 0.3 is 6.01 Å². The lowest BCUT2D eigenvalue weighted by atomic mass is 10.1. The van der Waals surface area contributed by atoms with Crippen molar-refractivity contribution in [3.63, 3.8) is 0 Å². The third kappa shape index (κ3) is 1.75. The molecule has 122 valence electrons. The average molecular weight is 319 g/mol. The minimum absolute atomic E-state index is 0.161. The van der Waals surface area contributed by atoms with Crippen molar-refractivity contribution in [2.24, 2.45) is 0 Å². The molecule has 0 unspecified atom stereocenters. The molecule has 0 aromatic carbocycles. The molecule has 4 atom stereocenters. The second-order valence-corrected chi connectivity index (χ2v) is 6.35. The Kier molecular flexibility index (Phi) is 2.52. The van der Waals surface area contributed by atoms with Crippen LogP contribution in [0.25, 0.3) is 11.2 Å². The maximum Gasteiger partial charge on any atom is 0.301 e. The predicted octanol–water partition coefficient (Wildman–Crippen LogP) is 0.678. The number of nitrogens with one attached hydrogen (secondary N) is 1. The maximum absolute atomic E-state index is 6.12. The van der Waals surface area contributed by atoms with Gasteiger partial charge in [0.1, 0.15) is 31.2 Å². The van der Waals surface area contributed by atoms with Gasteiger partial charge in [-0.15, -0.1) is 0 Å². The Bertz CT molecular complexity index is 791. The Morgan fingerprint density at radius 3 is 2.91 bits per heavy atom. The lowest BCUT2D eigenvalue weighted by molar-refractivity contribution is -0.195. The van der Waals surface area contributed by atoms with E-state index < -0.39 is 5.79 Å². The summed E-state index contributed by atoms with van der Waals surface area (Å²) < 4.78 is 25.8. The zero-order valence-corrected chi connectivity index (χ0v) is 13.0. The number of hydrogen-bond donors (Lipinski definition) is 1. The summed E-state index contributed by atoms with van der Waals surface area (Å²) in [6, 6.07) is 0.469. The molecule has 2 fully saturated rings. The summed E-state index contributed by atoms with van der Waals surface area (Å²) in [5.74, 6) is 0.0101. The SMILES string of the molecule is CNc1ncnc2c1nc1n2[C@@H]2O[C@H](CO1)[C@H]1OC(C)(C)O[C@H]12. The zero-order valence-electron chi connectivity index (χ0n) is 13.0. The third-order valence-corrected chi connectivity index (χ3v) is 4.44. The van der Waals surface area contributed by atoms with Gasteiger partial charge in [-0.25, -0.2) is 14.5 Å². The second-order valence-electron chi connectivity index (χ2n) is 6.35. The number of nitrogens with zero attached hydrogens (tertiary/aromatic N) is 4. The van der Waals surface area contributed by atoms with Gasteiger partial charge in [0.25, 0.3) is 0 Å². The van der Waals surface area contributed by atoms with Crippen molar-refractivity contribution in [3.05, 3.63) is 6.33 Å². The first-order valence-electron chi connectivity index (χ1n) is 7.62. The molecule has 1 N–H and O–H groups in total. The standard InChI is InChI=1S/C14H17N5O4/c1-14(2)22-8-6-4-20-13-18-7-10(15-3)16-5-17-11(7)19(13)12(21-6)9(8)23-14/h5-6,8-9,12H,4H2,1-3H3,(H,15,16,17)/t6-,8-,9-,12-/m1/s1. The van der Waals surface area contributed by atoms with E-state index >= 15 is 0 Å². The van der Waals surface area contributed by atoms with Crippen LogP contribution in [0, 0.1) is 0 Å². The largest absolute Gasteiger partial charge is 0.462 e. The molecule has 5 heterocycles. The Morgan fingerprint density at radius 2 is 2.09 bits per heavy atom. The summed E-state index contributed by atoms with van der Waals surface area (Å²) in [6.07, 6.45) is 0.547. The van der Waals surface area contributed by atoms with E-state index in [2.05, 4.69) is 20.3 Å². The molecule has 5 rings (SSSR count). The van der Waals surface area contributed by atoms with Crippen LogP contribution in [0.2, 0.25) is 0 Å². The third-order valence-electron chi connectivity index (χ3n) is 4.44. The molecule has 3 aliphatic rings. The fourth-order valence-corrected chi connectivity index (χ4v) is 3.56. The highest BCUT2D eigenvalue weighted by molar-refractivity contribution is 5.83. The average Bonchev–Trinajstić information content (AvgIpc) is 3.08. The molecular weight excluding hydrogens is 302 g/mol. The van der Waals surface area contributed by atoms with Crippen LogP contribution in [0.15, 0.2) is 6.33 Å². The summed E-state index contributed by atoms with van der Waals surface area (Å²) in [5.41, 5.74) is 1.30. The van der Waals surface area contributed by atoms with Crippen molar-refractivity contribution in [2.45, 2.75) is 44.2 Å². The minimum Gasteiger partial charge on any atom is -0.462 e. The van der Waals surface area contributed by atoms with Crippen molar-refractivity contribution in [1.82, 2.24) is 19.5 Å². The van der Waals surface area contributed by atoms with E-state index in [0.717, 1.165) is 0 Å². The second kappa shape index (κ2) is 4.31. The number of aromatic nitrogens is 4. The number of rotatable bonds is 1. The quantitative estimate of drug-likeness (QED) is 0.820. The molecule has 0 spiro atoms. The van der Waals surface area contributed by atoms with Crippen LogP contribution in [0.5, 0.6) is 6.01 Å². The van der Waals surface area contributed by atoms with Gasteiger partial charge in [-0.2, -0.15) is 4.98 Å². The van der Waals surface area contributed by atoms with Crippen LogP contribution < -0.4 is 10.1 Å². The summed E-state index contributed by atoms with van der Waals surface area (Å²) >= 11 is 0. The van der Waals surface area contributed by atoms with Crippen molar-refractivity contribution in [3.8, 4) is 6.01 Å². The molecule has 2 bridgehead atoms. The summed E-state index contributed by atoms with van der Waals surface area (Å²) in [5, 5.41) is 3.02. The van der Waals surface area contributed by atoms with Crippen LogP contribution in [0.3, 0.4) is 0 Å². The normalized spacial score (nSPS) is 33.9. The highest BCUT2D eigenvalue weighted by Gasteiger charge is 2.58. The van der Waals surface area contributed by atoms with Crippen molar-refractivity contribution < 1.29 is 18.9 Å². The van der Waals surface area contributed by atoms with E-state index in [1.54, 1.807) is 7.05 Å². The molecule has 0 aliphatic carbocycles. The van der Waals surface area contributed by atoms with E-state index in [4.69, 9.17) is 18.9 Å². The first-order chi connectivity index (χ1) is 11.1. The number of fused-ring (bicyclic) bond motifs is 9. The number of ether oxygens (including phenoxy) is 4. The van der Waals surface area contributed by atoms with Gasteiger partial charge in [0, 0.05) is 7.05 Å². The van der Waals surface area contributed by atoms with Crippen LogP contribution >= 0.6 is 0 Å². The van der Waals surface area contributed by atoms with E-state index in [9.17, 15) is 0 Å². The predicted molar refractivity (Wildman–Crippen MR) is 78.1 cm³/mol. The Hall–Kier alpha value is -1.97. The molecule has 2 saturated heterocycles. The molecule has 23 heavy (non-hydrogen) atoms. The van der Waals surface area contributed by atoms with E-state index in [-0.39, 0.29) is 24.5 Å². The van der Waals surface area contributed by atoms with Crippen molar-refractivity contribution in [2.75, 3.05) is 19.0 Å². The highest BCUT2D eigenvalue weighted by Crippen LogP contribution is 2.46. The number of hydrogen-bond acceptors (Lipinski definition) is 8. The summed E-state index contributed by atoms with van der Waals surface area (Å²) in [4.78, 5) is 13.1. The van der Waals surface area contributed by atoms with E-state index in [0.29, 0.717) is 29.6 Å². The van der Waals surface area contributed by atoms with Gasteiger partial charge in [-0.1, -0.05) is 0 Å². The fraction of sp³-hybridized carbons (Fsp3) is 0.643. The Labute approximate surface area is 131 Å². The van der Waals surface area contributed by atoms with Crippen molar-refractivity contribution >= 4 is 17.0 Å². The molecule has 0 saturated carbocycles. The molecule has 9 nitrogen and oxygen atoms in total. The lowest BCUT2D eigenvalue weighted by Crippen LogP contribution is -2.34. The highest BCUT2D eigenvalue weighted by atomic mass is 16.8. The monoisotopic (exact) mass is 319 g/mol. The maximum atomic E-state index is 6.12. The van der Waals surface area contributed by atoms with Crippen LogP contribution in [-0.4, -0.2) is 57.3 Å². The molecule has 2 aromatic rings. The van der Waals surface area contributed by atoms with Gasteiger partial charge in [0.15, 0.2) is 29.0 Å². The summed E-state index contributed by atoms with van der Waals surface area (Å²) in [6.45, 7) is 4.18. The van der Waals surface area contributed by atoms with Gasteiger partial charge in [-0.3, -0.25) is 0 Å². The summed E-state index contributed by atoms with van der Waals surface area (Å²) in [7, 11) is 1.79. The molecular formula is C14H17N5O4. The van der Waals surface area contributed by atoms with E-state index in [1.165, 1.54) is 6.33 Å². The Morgan fingerprint density at radius 1 is 1.26 bits per heavy atom. The van der Waals surface area contributed by atoms with Crippen LogP contribution in [0.4, 0.5) is 5.82 Å². The number of imidazole rings is 1. The van der Waals surface area contributed by atoms with Crippen LogP contribution in [0.1, 0.15) is 20.1 Å². The van der Waals surface area contributed by atoms with Crippen molar-refractivity contribution in [1.29, 1.82) is 0 Å². The van der Waals surface area contributed by atoms with Gasteiger partial charge in [0.2, 0.25) is 0 Å². The molecule has 9 heteroatoms.